The molecule has 0 amide bonds. The Hall–Kier alpha value is -3.59. The summed E-state index contributed by atoms with van der Waals surface area (Å²) in [5.41, 5.74) is 1.24. The van der Waals surface area contributed by atoms with Crippen molar-refractivity contribution in [2.24, 2.45) is 17.8 Å². The molecule has 178 valence electrons. The van der Waals surface area contributed by atoms with Crippen LogP contribution in [0.15, 0.2) is 34.5 Å². The lowest BCUT2D eigenvalue weighted by Crippen LogP contribution is -2.43. The Kier molecular flexibility index (Phi) is 6.47. The Labute approximate surface area is 195 Å². The Morgan fingerprint density at radius 1 is 1.18 bits per heavy atom. The van der Waals surface area contributed by atoms with Crippen molar-refractivity contribution in [2.45, 2.75) is 39.0 Å². The molecule has 0 bridgehead atoms. The van der Waals surface area contributed by atoms with Crippen molar-refractivity contribution in [3.63, 3.8) is 0 Å². The summed E-state index contributed by atoms with van der Waals surface area (Å²) in [6, 6.07) is 4.39. The Balaban J connectivity index is 1.76. The van der Waals surface area contributed by atoms with Gasteiger partial charge in [0, 0.05) is 24.7 Å². The molecule has 0 saturated heterocycles. The van der Waals surface area contributed by atoms with Gasteiger partial charge in [0.25, 0.3) is 0 Å². The van der Waals surface area contributed by atoms with Crippen LogP contribution in [0.3, 0.4) is 0 Å². The van der Waals surface area contributed by atoms with Crippen molar-refractivity contribution < 1.29 is 39.0 Å². The summed E-state index contributed by atoms with van der Waals surface area (Å²) in [6.45, 7) is 1.04. The minimum absolute atomic E-state index is 0.0533. The summed E-state index contributed by atoms with van der Waals surface area (Å²) in [5.74, 6) is -4.45. The zero-order valence-corrected chi connectivity index (χ0v) is 18.6. The van der Waals surface area contributed by atoms with Crippen molar-refractivity contribution in [3.8, 4) is 5.75 Å². The van der Waals surface area contributed by atoms with Gasteiger partial charge in [-0.05, 0) is 55.2 Å². The first-order valence-corrected chi connectivity index (χ1v) is 11.1. The molecule has 3 N–H and O–H groups in total. The SMILES string of the molecule is CC(=O)CC(=O)C1C(=O)C2=C(O)c3c(O)ccc(CC(=O)c4ccno4)c3CC2CC1CCO. The maximum Gasteiger partial charge on any atom is 0.205 e. The largest absolute Gasteiger partial charge is 0.507 e. The van der Waals surface area contributed by atoms with E-state index in [2.05, 4.69) is 5.16 Å². The molecule has 2 aliphatic carbocycles. The van der Waals surface area contributed by atoms with Gasteiger partial charge in [-0.15, -0.1) is 0 Å². The number of aromatic nitrogens is 1. The molecular weight excluding hydrogens is 442 g/mol. The maximum atomic E-state index is 13.4. The second-order valence-corrected chi connectivity index (χ2v) is 8.93. The molecule has 1 aromatic heterocycles. The molecule has 4 rings (SSSR count). The van der Waals surface area contributed by atoms with Crippen LogP contribution in [0, 0.1) is 17.8 Å². The first-order valence-electron chi connectivity index (χ1n) is 11.1. The number of hydrogen-bond donors (Lipinski definition) is 3. The quantitative estimate of drug-likeness (QED) is 0.392. The first kappa shape index (κ1) is 23.6. The van der Waals surface area contributed by atoms with Gasteiger partial charge in [-0.25, -0.2) is 0 Å². The van der Waals surface area contributed by atoms with E-state index in [1.807, 2.05) is 0 Å². The van der Waals surface area contributed by atoms with Crippen LogP contribution in [0.25, 0.3) is 5.76 Å². The Morgan fingerprint density at radius 2 is 1.94 bits per heavy atom. The highest BCUT2D eigenvalue weighted by atomic mass is 16.5. The third kappa shape index (κ3) is 4.19. The molecule has 0 radical (unpaired) electrons. The van der Waals surface area contributed by atoms with Gasteiger partial charge in [0.2, 0.25) is 11.5 Å². The van der Waals surface area contributed by atoms with E-state index < -0.39 is 41.5 Å². The van der Waals surface area contributed by atoms with Crippen LogP contribution in [0.5, 0.6) is 5.75 Å². The van der Waals surface area contributed by atoms with Crippen LogP contribution >= 0.6 is 0 Å². The third-order valence-corrected chi connectivity index (χ3v) is 6.68. The number of hydrogen-bond acceptors (Lipinski definition) is 9. The predicted octanol–water partition coefficient (Wildman–Crippen LogP) is 2.38. The zero-order chi connectivity index (χ0) is 24.6. The fourth-order valence-electron chi connectivity index (χ4n) is 5.25. The Morgan fingerprint density at radius 3 is 2.59 bits per heavy atom. The van der Waals surface area contributed by atoms with Gasteiger partial charge >= 0.3 is 0 Å². The maximum absolute atomic E-state index is 13.4. The van der Waals surface area contributed by atoms with Gasteiger partial charge in [-0.1, -0.05) is 11.2 Å². The van der Waals surface area contributed by atoms with Crippen LogP contribution in [0.1, 0.15) is 53.4 Å². The van der Waals surface area contributed by atoms with Crippen molar-refractivity contribution in [3.05, 3.63) is 52.4 Å². The summed E-state index contributed by atoms with van der Waals surface area (Å²) in [6.07, 6.45) is 1.72. The lowest BCUT2D eigenvalue weighted by atomic mass is 9.63. The Bertz CT molecular complexity index is 1190. The van der Waals surface area contributed by atoms with E-state index in [0.717, 1.165) is 0 Å². The predicted molar refractivity (Wildman–Crippen MR) is 118 cm³/mol. The number of aliphatic hydroxyl groups excluding tert-OH is 2. The molecule has 0 aliphatic heterocycles. The average Bonchev–Trinajstić information content (AvgIpc) is 3.30. The summed E-state index contributed by atoms with van der Waals surface area (Å²) >= 11 is 0. The van der Waals surface area contributed by atoms with Crippen molar-refractivity contribution in [1.29, 1.82) is 0 Å². The summed E-state index contributed by atoms with van der Waals surface area (Å²) in [7, 11) is 0. The molecule has 34 heavy (non-hydrogen) atoms. The molecule has 1 saturated carbocycles. The number of nitrogens with zero attached hydrogens (tertiary/aromatic N) is 1. The highest BCUT2D eigenvalue weighted by Gasteiger charge is 2.47. The molecule has 1 heterocycles. The summed E-state index contributed by atoms with van der Waals surface area (Å²) in [4.78, 5) is 50.3. The van der Waals surface area contributed by atoms with E-state index in [1.165, 1.54) is 25.3 Å². The van der Waals surface area contributed by atoms with Gasteiger partial charge in [0.1, 0.15) is 17.3 Å². The highest BCUT2D eigenvalue weighted by Crippen LogP contribution is 2.48. The van der Waals surface area contributed by atoms with E-state index in [-0.39, 0.29) is 60.1 Å². The van der Waals surface area contributed by atoms with Crippen LogP contribution < -0.4 is 0 Å². The van der Waals surface area contributed by atoms with Crippen LogP contribution in [0.2, 0.25) is 0 Å². The number of aromatic hydroxyl groups is 1. The highest BCUT2D eigenvalue weighted by molar-refractivity contribution is 6.17. The van der Waals surface area contributed by atoms with E-state index in [1.54, 1.807) is 6.07 Å². The minimum atomic E-state index is -1.13. The number of fused-ring (bicyclic) bond motifs is 2. The molecule has 3 atom stereocenters. The molecule has 1 fully saturated rings. The molecule has 2 aliphatic rings. The van der Waals surface area contributed by atoms with Crippen molar-refractivity contribution in [2.75, 3.05) is 6.61 Å². The number of carbonyl (C=O) groups is 4. The molecule has 3 unspecified atom stereocenters. The van der Waals surface area contributed by atoms with E-state index >= 15 is 0 Å². The van der Waals surface area contributed by atoms with E-state index in [0.29, 0.717) is 17.5 Å². The number of aliphatic hydroxyl groups is 2. The van der Waals surface area contributed by atoms with Gasteiger partial charge < -0.3 is 19.8 Å². The fraction of sp³-hybridized carbons (Fsp3) is 0.400. The molecule has 9 nitrogen and oxygen atoms in total. The lowest BCUT2D eigenvalue weighted by molar-refractivity contribution is -0.137. The van der Waals surface area contributed by atoms with Gasteiger partial charge in [0.05, 0.1) is 24.1 Å². The normalized spacial score (nSPS) is 21.7. The second kappa shape index (κ2) is 9.34. The monoisotopic (exact) mass is 467 g/mol. The standard InChI is InChI=1S/C25H25NO8/c1-12(28)8-19(31)21-14(5-7-27)9-15-10-16-13(11-18(30)20-4-6-26-34-20)2-3-17(29)23(16)25(33)22(15)24(21)32/h2-4,6,14-15,21,27,29,33H,5,7-11H2,1H3. The summed E-state index contributed by atoms with van der Waals surface area (Å²) < 4.78 is 4.93. The third-order valence-electron chi connectivity index (χ3n) is 6.68. The van der Waals surface area contributed by atoms with Gasteiger partial charge in [0.15, 0.2) is 11.6 Å². The molecular formula is C25H25NO8. The number of rotatable bonds is 8. The second-order valence-electron chi connectivity index (χ2n) is 8.93. The van der Waals surface area contributed by atoms with Crippen LogP contribution in [0.4, 0.5) is 0 Å². The topological polar surface area (TPSA) is 155 Å². The van der Waals surface area contributed by atoms with Gasteiger partial charge in [-0.2, -0.15) is 0 Å². The zero-order valence-electron chi connectivity index (χ0n) is 18.6. The number of ketones is 4. The van der Waals surface area contributed by atoms with Crippen LogP contribution in [-0.2, 0) is 27.2 Å². The number of carbonyl (C=O) groups excluding carboxylic acids is 4. The number of benzene rings is 1. The van der Waals surface area contributed by atoms with E-state index in [4.69, 9.17) is 4.52 Å². The molecule has 1 aromatic carbocycles. The molecule has 9 heteroatoms. The lowest BCUT2D eigenvalue weighted by Gasteiger charge is -2.39. The molecule has 2 aromatic rings. The van der Waals surface area contributed by atoms with Crippen LogP contribution in [-0.4, -0.2) is 50.2 Å². The van der Waals surface area contributed by atoms with Gasteiger partial charge in [-0.3, -0.25) is 19.2 Å². The first-order chi connectivity index (χ1) is 16.2. The van der Waals surface area contributed by atoms with Crippen molar-refractivity contribution in [1.82, 2.24) is 5.16 Å². The average molecular weight is 467 g/mol. The summed E-state index contributed by atoms with van der Waals surface area (Å²) in [5, 5.41) is 34.7. The number of phenols is 1. The number of allylic oxidation sites excluding steroid dienone is 1. The minimum Gasteiger partial charge on any atom is -0.507 e. The fourth-order valence-corrected chi connectivity index (χ4v) is 5.25. The number of phenolic OH excluding ortho intramolecular Hbond substituents is 1. The smallest absolute Gasteiger partial charge is 0.205 e. The van der Waals surface area contributed by atoms with E-state index in [9.17, 15) is 34.5 Å². The van der Waals surface area contributed by atoms with Crippen molar-refractivity contribution >= 4 is 28.9 Å². The molecule has 0 spiro atoms. The number of Topliss-reactive ketones (excluding diaryl/α,β-unsaturated/α-hetero) is 4.